The summed E-state index contributed by atoms with van der Waals surface area (Å²) in [7, 11) is -4.05. The third-order valence-corrected chi connectivity index (χ3v) is 19.2. The summed E-state index contributed by atoms with van der Waals surface area (Å²) in [6.07, 6.45) is 14.2. The van der Waals surface area contributed by atoms with Crippen LogP contribution < -0.4 is 5.32 Å². The molecule has 0 saturated heterocycles. The average molecular weight is 644 g/mol. The zero-order valence-electron chi connectivity index (χ0n) is 29.9. The minimum Gasteiger partial charge on any atom is -0.413 e. The monoisotopic (exact) mass is 643 g/mol. The van der Waals surface area contributed by atoms with Crippen LogP contribution in [0.5, 0.6) is 0 Å². The fraction of sp³-hybridized carbons (Fsp3) is 0.703. The molecular formula is C37H65NO4Si2. The molecule has 0 aromatic heterocycles. The summed E-state index contributed by atoms with van der Waals surface area (Å²) < 4.78 is 14.0. The molecule has 1 aliphatic rings. The number of allylic oxidation sites excluding steroid dienone is 2. The summed E-state index contributed by atoms with van der Waals surface area (Å²) in [6.45, 7) is 25.6. The minimum atomic E-state index is -2.04. The maximum Gasteiger partial charge on any atom is 0.219 e. The number of nitrogens with one attached hydrogen (secondary N) is 1. The van der Waals surface area contributed by atoms with Crippen molar-refractivity contribution in [3.8, 4) is 0 Å². The molecule has 1 saturated carbocycles. The first kappa shape index (κ1) is 38.7. The van der Waals surface area contributed by atoms with Gasteiger partial charge in [-0.1, -0.05) is 96.2 Å². The third-order valence-electron chi connectivity index (χ3n) is 10.2. The summed E-state index contributed by atoms with van der Waals surface area (Å²) in [5.74, 6) is 0.314. The van der Waals surface area contributed by atoms with E-state index in [9.17, 15) is 9.90 Å². The van der Waals surface area contributed by atoms with Crippen molar-refractivity contribution >= 4 is 22.5 Å². The number of carbonyl (C=O) groups is 1. The largest absolute Gasteiger partial charge is 0.413 e. The first-order chi connectivity index (χ1) is 20.4. The predicted molar refractivity (Wildman–Crippen MR) is 192 cm³/mol. The van der Waals surface area contributed by atoms with Gasteiger partial charge in [0.25, 0.3) is 0 Å². The van der Waals surface area contributed by atoms with Crippen LogP contribution in [0.3, 0.4) is 0 Å². The van der Waals surface area contributed by atoms with Crippen LogP contribution in [-0.2, 0) is 20.1 Å². The lowest BCUT2D eigenvalue weighted by Crippen LogP contribution is -2.45. The Hall–Kier alpha value is -1.52. The lowest BCUT2D eigenvalue weighted by Gasteiger charge is -2.40. The summed E-state index contributed by atoms with van der Waals surface area (Å²) >= 11 is 0. The van der Waals surface area contributed by atoms with Crippen molar-refractivity contribution < 1.29 is 18.8 Å². The normalized spacial score (nSPS) is 22.6. The molecule has 2 N–H and O–H groups in total. The van der Waals surface area contributed by atoms with E-state index in [1.165, 1.54) is 5.56 Å². The Balaban J connectivity index is 2.30. The molecule has 1 aliphatic carbocycles. The summed E-state index contributed by atoms with van der Waals surface area (Å²) in [6, 6.07) is 10.7. The Morgan fingerprint density at radius 2 is 1.66 bits per heavy atom. The van der Waals surface area contributed by atoms with Gasteiger partial charge in [-0.05, 0) is 93.2 Å². The minimum absolute atomic E-state index is 0.00724. The summed E-state index contributed by atoms with van der Waals surface area (Å²) in [5, 5.41) is 14.4. The topological polar surface area (TPSA) is 67.8 Å². The first-order valence-corrected chi connectivity index (χ1v) is 22.9. The molecule has 1 unspecified atom stereocenters. The lowest BCUT2D eigenvalue weighted by atomic mass is 9.89. The molecule has 0 aliphatic heterocycles. The maximum absolute atomic E-state index is 11.8. The van der Waals surface area contributed by atoms with E-state index in [0.29, 0.717) is 19.4 Å². The molecule has 0 spiro atoms. The van der Waals surface area contributed by atoms with Crippen molar-refractivity contribution in [2.75, 3.05) is 6.54 Å². The van der Waals surface area contributed by atoms with E-state index >= 15 is 0 Å². The highest BCUT2D eigenvalue weighted by Gasteiger charge is 2.47. The highest BCUT2D eigenvalue weighted by Crippen LogP contribution is 2.44. The number of aliphatic hydroxyl groups is 1. The average Bonchev–Trinajstić information content (AvgIpc) is 3.19. The molecule has 1 amide bonds. The zero-order chi connectivity index (χ0) is 33.2. The van der Waals surface area contributed by atoms with Crippen molar-refractivity contribution in [1.82, 2.24) is 5.32 Å². The van der Waals surface area contributed by atoms with Crippen LogP contribution in [0.2, 0.25) is 36.3 Å². The summed E-state index contributed by atoms with van der Waals surface area (Å²) in [5.41, 5.74) is 1.33. The fourth-order valence-electron chi connectivity index (χ4n) is 5.36. The standard InChI is InChI=1S/C37H65NO4Si2/c1-12-38-35(40)23-19-14-13-18-22-31-32(34(28-33(31)39)42-44(10,11)37(5,6)7)27-26-30(41-43(8,9)36(2,3)4)25-24-29-20-16-15-17-21-29/h13,15-18,20-21,26-27,30-34,39H,12,14,19,22-25,28H2,1-11H3,(H,38,40)/t30?,31-,32-,33+,34-/m1/s1. The van der Waals surface area contributed by atoms with Crippen LogP contribution in [0, 0.1) is 11.8 Å². The van der Waals surface area contributed by atoms with E-state index in [1.54, 1.807) is 0 Å². The van der Waals surface area contributed by atoms with Gasteiger partial charge < -0.3 is 19.3 Å². The number of amides is 1. The van der Waals surface area contributed by atoms with Crippen LogP contribution in [0.25, 0.3) is 0 Å². The molecule has 0 radical (unpaired) electrons. The number of aliphatic hydroxyl groups excluding tert-OH is 1. The Morgan fingerprint density at radius 3 is 2.25 bits per heavy atom. The van der Waals surface area contributed by atoms with Crippen LogP contribution in [0.4, 0.5) is 0 Å². The third kappa shape index (κ3) is 12.0. The van der Waals surface area contributed by atoms with Crippen molar-refractivity contribution in [1.29, 1.82) is 0 Å². The number of hydrogen-bond acceptors (Lipinski definition) is 4. The van der Waals surface area contributed by atoms with Crippen molar-refractivity contribution in [3.63, 3.8) is 0 Å². The van der Waals surface area contributed by atoms with Gasteiger partial charge in [-0.15, -0.1) is 0 Å². The SMILES string of the molecule is CCNC(=O)CCCC=CC[C@@H]1[C@@H](C=CC(CCc2ccccc2)O[Si](C)(C)C(C)(C)C)[C@H](O[Si](C)(C)C(C)(C)C)C[C@@H]1O. The Labute approximate surface area is 272 Å². The second kappa shape index (κ2) is 16.9. The molecule has 250 valence electrons. The number of carbonyl (C=O) groups excluding carboxylic acids is 1. The van der Waals surface area contributed by atoms with E-state index in [-0.39, 0.29) is 40.0 Å². The van der Waals surface area contributed by atoms with Gasteiger partial charge in [-0.25, -0.2) is 0 Å². The smallest absolute Gasteiger partial charge is 0.219 e. The van der Waals surface area contributed by atoms with E-state index in [0.717, 1.165) is 32.1 Å². The van der Waals surface area contributed by atoms with Crippen LogP contribution in [-0.4, -0.2) is 52.5 Å². The van der Waals surface area contributed by atoms with Crippen molar-refractivity contribution in [2.45, 2.75) is 148 Å². The Bertz CT molecular complexity index is 1060. The van der Waals surface area contributed by atoms with E-state index in [2.05, 4.69) is 128 Å². The van der Waals surface area contributed by atoms with Crippen LogP contribution in [0.15, 0.2) is 54.6 Å². The molecule has 0 bridgehead atoms. The second-order valence-corrected chi connectivity index (χ2v) is 25.4. The predicted octanol–water partition coefficient (Wildman–Crippen LogP) is 9.21. The highest BCUT2D eigenvalue weighted by atomic mass is 28.4. The summed E-state index contributed by atoms with van der Waals surface area (Å²) in [4.78, 5) is 11.8. The van der Waals surface area contributed by atoms with Gasteiger partial charge in [0, 0.05) is 18.9 Å². The quantitative estimate of drug-likeness (QED) is 0.107. The van der Waals surface area contributed by atoms with Crippen LogP contribution in [0.1, 0.15) is 92.6 Å². The van der Waals surface area contributed by atoms with Crippen LogP contribution >= 0.6 is 0 Å². The van der Waals surface area contributed by atoms with E-state index < -0.39 is 22.7 Å². The molecule has 1 fully saturated rings. The maximum atomic E-state index is 11.8. The number of aryl methyl sites for hydroxylation is 1. The molecule has 5 nitrogen and oxygen atoms in total. The molecule has 0 heterocycles. The van der Waals surface area contributed by atoms with Gasteiger partial charge in [0.1, 0.15) is 0 Å². The van der Waals surface area contributed by atoms with Gasteiger partial charge in [0.15, 0.2) is 16.6 Å². The molecule has 7 heteroatoms. The van der Waals surface area contributed by atoms with E-state index in [1.807, 2.05) is 6.92 Å². The number of unbranched alkanes of at least 4 members (excludes halogenated alkanes) is 1. The second-order valence-electron chi connectivity index (χ2n) is 15.8. The molecule has 1 aromatic carbocycles. The van der Waals surface area contributed by atoms with Gasteiger partial charge in [-0.2, -0.15) is 0 Å². The molecule has 1 aromatic rings. The molecular weight excluding hydrogens is 579 g/mol. The first-order valence-electron chi connectivity index (χ1n) is 17.1. The van der Waals surface area contributed by atoms with Gasteiger partial charge in [0.2, 0.25) is 5.91 Å². The van der Waals surface area contributed by atoms with Gasteiger partial charge in [0.05, 0.1) is 18.3 Å². The lowest BCUT2D eigenvalue weighted by molar-refractivity contribution is -0.121. The van der Waals surface area contributed by atoms with Crippen molar-refractivity contribution in [2.24, 2.45) is 11.8 Å². The number of rotatable bonds is 16. The molecule has 44 heavy (non-hydrogen) atoms. The van der Waals surface area contributed by atoms with Gasteiger partial charge in [-0.3, -0.25) is 4.79 Å². The van der Waals surface area contributed by atoms with E-state index in [4.69, 9.17) is 8.85 Å². The molecule has 2 rings (SSSR count). The fourth-order valence-corrected chi connectivity index (χ4v) is 8.03. The zero-order valence-corrected chi connectivity index (χ0v) is 31.9. The Kier molecular flexibility index (Phi) is 14.8. The number of benzene rings is 1. The molecule has 5 atom stereocenters. The number of hydrogen-bond donors (Lipinski definition) is 2. The van der Waals surface area contributed by atoms with Gasteiger partial charge >= 0.3 is 0 Å². The Morgan fingerprint density at radius 1 is 1.02 bits per heavy atom. The highest BCUT2D eigenvalue weighted by molar-refractivity contribution is 6.74. The van der Waals surface area contributed by atoms with Crippen molar-refractivity contribution in [3.05, 3.63) is 60.2 Å².